The van der Waals surface area contributed by atoms with Gasteiger partial charge >= 0.3 is 17.9 Å². The van der Waals surface area contributed by atoms with Crippen LogP contribution in [0.2, 0.25) is 0 Å². The molecule has 0 aromatic heterocycles. The average molecular weight is 382 g/mol. The minimum atomic E-state index is -0.860. The first kappa shape index (κ1) is 24.6. The maximum atomic E-state index is 11.6. The van der Waals surface area contributed by atoms with Crippen molar-refractivity contribution in [2.45, 2.75) is 34.1 Å². The van der Waals surface area contributed by atoms with Gasteiger partial charge in [0.05, 0.1) is 18.6 Å². The van der Waals surface area contributed by atoms with Gasteiger partial charge in [-0.25, -0.2) is 14.4 Å². The first-order chi connectivity index (χ1) is 12.5. The van der Waals surface area contributed by atoms with Crippen molar-refractivity contribution < 1.29 is 33.3 Å². The van der Waals surface area contributed by atoms with Gasteiger partial charge in [-0.05, 0) is 27.2 Å². The van der Waals surface area contributed by atoms with Crippen LogP contribution in [0.5, 0.6) is 0 Å². The van der Waals surface area contributed by atoms with Gasteiger partial charge in [-0.1, -0.05) is 26.7 Å². The number of ether oxygens (including phenoxy) is 4. The maximum Gasteiger partial charge on any atom is 0.333 e. The molecular weight excluding hydrogens is 352 g/mol. The van der Waals surface area contributed by atoms with E-state index in [1.165, 1.54) is 20.8 Å². The summed E-state index contributed by atoms with van der Waals surface area (Å²) in [5.74, 6) is -1.69. The van der Waals surface area contributed by atoms with E-state index in [-0.39, 0.29) is 36.5 Å². The molecule has 7 nitrogen and oxygen atoms in total. The summed E-state index contributed by atoms with van der Waals surface area (Å²) in [6.45, 7) is 18.7. The lowest BCUT2D eigenvalue weighted by atomic mass is 9.88. The van der Waals surface area contributed by atoms with Crippen LogP contribution in [0.1, 0.15) is 34.1 Å². The van der Waals surface area contributed by atoms with Crippen LogP contribution >= 0.6 is 0 Å². The largest absolute Gasteiger partial charge is 0.461 e. The Balaban J connectivity index is 0.00000203. The Morgan fingerprint density at radius 3 is 1.19 bits per heavy atom. The van der Waals surface area contributed by atoms with Crippen molar-refractivity contribution in [3.8, 4) is 0 Å². The molecule has 0 saturated carbocycles. The fourth-order valence-electron chi connectivity index (χ4n) is 1.46. The molecule has 7 heteroatoms. The quantitative estimate of drug-likeness (QED) is 0.248. The summed E-state index contributed by atoms with van der Waals surface area (Å²) >= 11 is 0. The van der Waals surface area contributed by atoms with Gasteiger partial charge in [-0.3, -0.25) is 0 Å². The molecule has 1 aliphatic heterocycles. The Morgan fingerprint density at radius 1 is 0.778 bits per heavy atom. The summed E-state index contributed by atoms with van der Waals surface area (Å²) in [5.41, 5.74) is -0.116. The minimum Gasteiger partial charge on any atom is -0.461 e. The second-order valence-electron chi connectivity index (χ2n) is 6.54. The van der Waals surface area contributed by atoms with Crippen molar-refractivity contribution >= 4 is 17.9 Å². The minimum absolute atomic E-state index is 0.0812. The fourth-order valence-corrected chi connectivity index (χ4v) is 1.46. The van der Waals surface area contributed by atoms with Crippen LogP contribution in [0.25, 0.3) is 0 Å². The summed E-state index contributed by atoms with van der Waals surface area (Å²) in [5, 5.41) is 0. The lowest BCUT2D eigenvalue weighted by Crippen LogP contribution is -2.39. The molecule has 1 rings (SSSR count). The molecule has 0 atom stereocenters. The smallest absolute Gasteiger partial charge is 0.333 e. The Kier molecular flexibility index (Phi) is 11.0. The third kappa shape index (κ3) is 11.0. The predicted octanol–water partition coefficient (Wildman–Crippen LogP) is 2.76. The Hall–Kier alpha value is -2.41. The second kappa shape index (κ2) is 12.1. The molecule has 0 aromatic carbocycles. The van der Waals surface area contributed by atoms with E-state index in [0.717, 1.165) is 13.2 Å². The molecule has 152 valence electrons. The first-order valence-electron chi connectivity index (χ1n) is 8.60. The van der Waals surface area contributed by atoms with Crippen molar-refractivity contribution in [1.82, 2.24) is 0 Å². The average Bonchev–Trinajstić information content (AvgIpc) is 3.49. The third-order valence-electron chi connectivity index (χ3n) is 3.53. The van der Waals surface area contributed by atoms with E-state index in [4.69, 9.17) is 14.2 Å². The highest BCUT2D eigenvalue weighted by molar-refractivity contribution is 5.88. The van der Waals surface area contributed by atoms with Gasteiger partial charge in [-0.15, -0.1) is 0 Å². The van der Waals surface area contributed by atoms with Gasteiger partial charge in [0, 0.05) is 16.7 Å². The van der Waals surface area contributed by atoms with E-state index in [1.807, 2.05) is 6.92 Å². The Bertz CT molecular complexity index is 510. The maximum absolute atomic E-state index is 11.6. The van der Waals surface area contributed by atoms with E-state index in [0.29, 0.717) is 6.42 Å². The van der Waals surface area contributed by atoms with E-state index in [1.54, 1.807) is 0 Å². The van der Waals surface area contributed by atoms with E-state index in [2.05, 4.69) is 24.5 Å². The van der Waals surface area contributed by atoms with Crippen molar-refractivity contribution in [3.63, 3.8) is 0 Å². The van der Waals surface area contributed by atoms with E-state index >= 15 is 0 Å². The topological polar surface area (TPSA) is 91.4 Å². The van der Waals surface area contributed by atoms with Crippen LogP contribution in [0.4, 0.5) is 0 Å². The number of hydrogen-bond donors (Lipinski definition) is 0. The van der Waals surface area contributed by atoms with E-state index < -0.39 is 23.3 Å². The molecule has 0 amide bonds. The highest BCUT2D eigenvalue weighted by Gasteiger charge is 2.34. The van der Waals surface area contributed by atoms with Crippen LogP contribution in [-0.4, -0.2) is 50.9 Å². The monoisotopic (exact) mass is 382 g/mol. The van der Waals surface area contributed by atoms with Crippen molar-refractivity contribution in [2.75, 3.05) is 33.0 Å². The highest BCUT2D eigenvalue weighted by atomic mass is 16.6. The van der Waals surface area contributed by atoms with Crippen LogP contribution in [0, 0.1) is 5.41 Å². The summed E-state index contributed by atoms with van der Waals surface area (Å²) in [6.07, 6.45) is 0.448. The van der Waals surface area contributed by atoms with Crippen LogP contribution in [0.3, 0.4) is 0 Å². The number of carbonyl (C=O) groups is 3. The summed E-state index contributed by atoms with van der Waals surface area (Å²) in [6, 6.07) is 0. The van der Waals surface area contributed by atoms with Crippen LogP contribution < -0.4 is 0 Å². The standard InChI is InChI=1S/C18H26O6.C2H4O/c1-8-18(9-22-15(19)12(2)3,10-23-16(20)13(4)5)11-24-17(21)14(6)7;1-2-3-1/h2,4,6,8-11H2,1,3,5,7H3;1-2H2. The molecule has 27 heavy (non-hydrogen) atoms. The number of epoxide rings is 1. The zero-order valence-corrected chi connectivity index (χ0v) is 16.7. The number of hydrogen-bond acceptors (Lipinski definition) is 7. The third-order valence-corrected chi connectivity index (χ3v) is 3.53. The molecule has 1 heterocycles. The Labute approximate surface area is 161 Å². The van der Waals surface area contributed by atoms with Gasteiger partial charge in [0.1, 0.15) is 19.8 Å². The van der Waals surface area contributed by atoms with Crippen LogP contribution in [-0.2, 0) is 33.3 Å². The molecule has 1 fully saturated rings. The van der Waals surface area contributed by atoms with Gasteiger partial charge in [0.15, 0.2) is 0 Å². The normalized spacial score (nSPS) is 12.0. The zero-order valence-electron chi connectivity index (χ0n) is 16.7. The zero-order chi connectivity index (χ0) is 21.0. The molecule has 1 aliphatic rings. The number of esters is 3. The summed E-state index contributed by atoms with van der Waals surface area (Å²) in [4.78, 5) is 34.9. The number of carbonyl (C=O) groups excluding carboxylic acids is 3. The van der Waals surface area contributed by atoms with Crippen molar-refractivity contribution in [1.29, 1.82) is 0 Å². The van der Waals surface area contributed by atoms with E-state index in [9.17, 15) is 14.4 Å². The van der Waals surface area contributed by atoms with Crippen LogP contribution in [0.15, 0.2) is 36.5 Å². The highest BCUT2D eigenvalue weighted by Crippen LogP contribution is 2.25. The van der Waals surface area contributed by atoms with Gasteiger partial charge in [0.25, 0.3) is 0 Å². The predicted molar refractivity (Wildman–Crippen MR) is 101 cm³/mol. The fraction of sp³-hybridized carbons (Fsp3) is 0.550. The van der Waals surface area contributed by atoms with Crippen molar-refractivity contribution in [3.05, 3.63) is 36.5 Å². The molecule has 0 unspecified atom stereocenters. The van der Waals surface area contributed by atoms with Gasteiger partial charge in [0.2, 0.25) is 0 Å². The molecule has 1 saturated heterocycles. The summed E-state index contributed by atoms with van der Waals surface area (Å²) < 4.78 is 20.0. The number of rotatable bonds is 10. The SMILES string of the molecule is C1CO1.C=C(C)C(=O)OCC(CC)(COC(=O)C(=C)C)COC(=O)C(=C)C. The lowest BCUT2D eigenvalue weighted by molar-refractivity contribution is -0.157. The summed E-state index contributed by atoms with van der Waals surface area (Å²) in [7, 11) is 0. The molecule has 0 aromatic rings. The van der Waals surface area contributed by atoms with Crippen molar-refractivity contribution in [2.24, 2.45) is 5.41 Å². The van der Waals surface area contributed by atoms with Gasteiger partial charge in [-0.2, -0.15) is 0 Å². The molecule has 0 spiro atoms. The molecule has 0 N–H and O–H groups in total. The Morgan fingerprint density at radius 2 is 1.04 bits per heavy atom. The lowest BCUT2D eigenvalue weighted by Gasteiger charge is -2.31. The molecule has 0 aliphatic carbocycles. The van der Waals surface area contributed by atoms with Gasteiger partial charge < -0.3 is 18.9 Å². The first-order valence-corrected chi connectivity index (χ1v) is 8.60. The molecule has 0 bridgehead atoms. The second-order valence-corrected chi connectivity index (χ2v) is 6.54. The molecular formula is C20H30O7. The molecule has 0 radical (unpaired) electrons.